The zero-order valence-corrected chi connectivity index (χ0v) is 31.5. The lowest BCUT2D eigenvalue weighted by molar-refractivity contribution is -0.0115. The van der Waals surface area contributed by atoms with Gasteiger partial charge in [-0.3, -0.25) is 9.52 Å². The molecule has 5 rings (SSSR count). The molecule has 0 unspecified atom stereocenters. The number of rotatable bonds is 8. The number of nitrogens with one attached hydrogen (secondary N) is 2. The van der Waals surface area contributed by atoms with Gasteiger partial charge < -0.3 is 29.7 Å². The van der Waals surface area contributed by atoms with Gasteiger partial charge in [-0.25, -0.2) is 13.2 Å². The lowest BCUT2D eigenvalue weighted by Crippen LogP contribution is -2.48. The van der Waals surface area contributed by atoms with Gasteiger partial charge in [-0.15, -0.1) is 0 Å². The van der Waals surface area contributed by atoms with E-state index in [0.29, 0.717) is 29.5 Å². The summed E-state index contributed by atoms with van der Waals surface area (Å²) >= 11 is 5.96. The van der Waals surface area contributed by atoms with Crippen LogP contribution in [0.4, 0.5) is 16.2 Å². The van der Waals surface area contributed by atoms with Gasteiger partial charge >= 0.3 is 6.03 Å². The van der Waals surface area contributed by atoms with Crippen LogP contribution in [0.15, 0.2) is 89.8 Å². The molecule has 0 aromatic heterocycles. The van der Waals surface area contributed by atoms with Gasteiger partial charge in [0.05, 0.1) is 41.0 Å². The summed E-state index contributed by atoms with van der Waals surface area (Å²) in [4.78, 5) is 31.1. The standard InChI is InChI=1S/C39H47ClN4O7S/c1-26-23-44(27(2)25-45)38(46)34-22-31(42-52(48,49)32-18-15-30(40)16-19-32)17-20-36(34)51-28(3)10-7-8-21-50-37(26)24-43(4)39(47)41-35-14-9-12-29-11-5-6-13-33(29)35/h5-6,9,11-20,22,26-28,37,42,45H,7-8,10,21,23-25H2,1-4H3,(H,41,47)/t26-,27-,28-,37-/m0/s1. The number of likely N-dealkylation sites (N-methyl/N-ethyl adjacent to an activating group) is 1. The first-order valence-corrected chi connectivity index (χ1v) is 19.3. The fraction of sp³-hybridized carbons (Fsp3) is 0.385. The van der Waals surface area contributed by atoms with Gasteiger partial charge in [0.1, 0.15) is 5.75 Å². The number of fused-ring (bicyclic) bond motifs is 2. The number of halogens is 1. The molecule has 3 N–H and O–H groups in total. The summed E-state index contributed by atoms with van der Waals surface area (Å²) in [6.45, 7) is 6.18. The number of urea groups is 1. The molecule has 4 atom stereocenters. The molecule has 278 valence electrons. The average molecular weight is 751 g/mol. The molecular weight excluding hydrogens is 704 g/mol. The van der Waals surface area contributed by atoms with Gasteiger partial charge in [-0.05, 0) is 87.0 Å². The van der Waals surface area contributed by atoms with Crippen LogP contribution in [0.3, 0.4) is 0 Å². The highest BCUT2D eigenvalue weighted by Gasteiger charge is 2.31. The first-order chi connectivity index (χ1) is 24.9. The molecular formula is C39H47ClN4O7S. The van der Waals surface area contributed by atoms with E-state index in [1.807, 2.05) is 56.3 Å². The molecule has 0 radical (unpaired) electrons. The van der Waals surface area contributed by atoms with Gasteiger partial charge in [-0.2, -0.15) is 0 Å². The Morgan fingerprint density at radius 3 is 2.52 bits per heavy atom. The molecule has 0 fully saturated rings. The lowest BCUT2D eigenvalue weighted by Gasteiger charge is -2.35. The summed E-state index contributed by atoms with van der Waals surface area (Å²) in [5.41, 5.74) is 1.02. The number of sulfonamides is 1. The van der Waals surface area contributed by atoms with Crippen LogP contribution >= 0.6 is 11.6 Å². The number of carbonyl (C=O) groups excluding carboxylic acids is 2. The third-order valence-electron chi connectivity index (χ3n) is 9.26. The predicted molar refractivity (Wildman–Crippen MR) is 205 cm³/mol. The number of anilines is 2. The minimum absolute atomic E-state index is 0.0133. The zero-order chi connectivity index (χ0) is 37.4. The summed E-state index contributed by atoms with van der Waals surface area (Å²) in [6, 6.07) is 23.1. The molecule has 1 aliphatic heterocycles. The topological polar surface area (TPSA) is 138 Å². The van der Waals surface area contributed by atoms with E-state index in [-0.39, 0.29) is 53.9 Å². The van der Waals surface area contributed by atoms with E-state index in [2.05, 4.69) is 10.0 Å². The van der Waals surface area contributed by atoms with Crippen molar-refractivity contribution in [2.75, 3.05) is 43.4 Å². The smallest absolute Gasteiger partial charge is 0.321 e. The largest absolute Gasteiger partial charge is 0.490 e. The fourth-order valence-electron chi connectivity index (χ4n) is 6.17. The molecule has 3 amide bonds. The van der Waals surface area contributed by atoms with Crippen molar-refractivity contribution in [3.8, 4) is 5.75 Å². The van der Waals surface area contributed by atoms with Crippen LogP contribution in [0, 0.1) is 5.92 Å². The van der Waals surface area contributed by atoms with E-state index in [1.54, 1.807) is 35.9 Å². The molecule has 0 saturated carbocycles. The minimum atomic E-state index is -4.00. The Morgan fingerprint density at radius 2 is 1.77 bits per heavy atom. The number of ether oxygens (including phenoxy) is 2. The fourth-order valence-corrected chi connectivity index (χ4v) is 7.35. The van der Waals surface area contributed by atoms with E-state index >= 15 is 0 Å². The van der Waals surface area contributed by atoms with Crippen LogP contribution in [-0.4, -0.2) is 86.9 Å². The van der Waals surface area contributed by atoms with E-state index in [1.165, 1.54) is 30.3 Å². The molecule has 13 heteroatoms. The maximum absolute atomic E-state index is 14.5. The number of aliphatic hydroxyl groups excluding tert-OH is 1. The number of nitrogens with zero attached hydrogens (tertiary/aromatic N) is 2. The van der Waals surface area contributed by atoms with Crippen LogP contribution in [0.2, 0.25) is 5.02 Å². The maximum atomic E-state index is 14.5. The molecule has 1 aliphatic rings. The first kappa shape index (κ1) is 38.9. The highest BCUT2D eigenvalue weighted by atomic mass is 35.5. The van der Waals surface area contributed by atoms with Crippen molar-refractivity contribution >= 4 is 55.7 Å². The second kappa shape index (κ2) is 17.4. The summed E-state index contributed by atoms with van der Waals surface area (Å²) in [5.74, 6) is -0.408. The Morgan fingerprint density at radius 1 is 1.04 bits per heavy atom. The van der Waals surface area contributed by atoms with Gasteiger partial charge in [0.15, 0.2) is 0 Å². The van der Waals surface area contributed by atoms with Gasteiger partial charge in [0.25, 0.3) is 15.9 Å². The Balaban J connectivity index is 1.40. The molecule has 52 heavy (non-hydrogen) atoms. The van der Waals surface area contributed by atoms with Crippen LogP contribution in [0.5, 0.6) is 5.75 Å². The second-order valence-corrected chi connectivity index (χ2v) is 15.5. The van der Waals surface area contributed by atoms with Crippen LogP contribution < -0.4 is 14.8 Å². The average Bonchev–Trinajstić information content (AvgIpc) is 3.12. The number of benzene rings is 4. The number of hydrogen-bond donors (Lipinski definition) is 3. The van der Waals surface area contributed by atoms with Crippen LogP contribution in [0.1, 0.15) is 50.4 Å². The zero-order valence-electron chi connectivity index (χ0n) is 29.9. The molecule has 0 saturated heterocycles. The van der Waals surface area contributed by atoms with Gasteiger partial charge in [0.2, 0.25) is 0 Å². The number of amides is 3. The SMILES string of the molecule is C[C@H]1CCCCO[C@@H](CN(C)C(=O)Nc2cccc3ccccc23)[C@@H](C)CN([C@@H](C)CO)C(=O)c2cc(NS(=O)(=O)c3ccc(Cl)cc3)ccc2O1. The Bertz CT molecular complexity index is 1950. The van der Waals surface area contributed by atoms with E-state index < -0.39 is 28.1 Å². The van der Waals surface area contributed by atoms with Crippen molar-refractivity contribution in [1.82, 2.24) is 9.80 Å². The Kier molecular flexibility index (Phi) is 13.0. The van der Waals surface area contributed by atoms with E-state index in [9.17, 15) is 23.1 Å². The van der Waals surface area contributed by atoms with Gasteiger partial charge in [-0.1, -0.05) is 54.9 Å². The summed E-state index contributed by atoms with van der Waals surface area (Å²) in [5, 5.41) is 15.7. The van der Waals surface area contributed by atoms with E-state index in [4.69, 9.17) is 21.1 Å². The number of hydrogen-bond acceptors (Lipinski definition) is 7. The molecule has 11 nitrogen and oxygen atoms in total. The van der Waals surface area contributed by atoms with Crippen molar-refractivity contribution in [3.63, 3.8) is 0 Å². The second-order valence-electron chi connectivity index (χ2n) is 13.4. The van der Waals surface area contributed by atoms with Crippen molar-refractivity contribution in [2.24, 2.45) is 5.92 Å². The molecule has 4 aromatic rings. The summed E-state index contributed by atoms with van der Waals surface area (Å²) in [6.07, 6.45) is 1.55. The van der Waals surface area contributed by atoms with Crippen LogP contribution in [-0.2, 0) is 14.8 Å². The normalized spacial score (nSPS) is 19.5. The first-order valence-electron chi connectivity index (χ1n) is 17.5. The monoisotopic (exact) mass is 750 g/mol. The van der Waals surface area contributed by atoms with Gasteiger partial charge in [0, 0.05) is 48.8 Å². The third kappa shape index (κ3) is 9.74. The highest BCUT2D eigenvalue weighted by molar-refractivity contribution is 7.92. The number of carbonyl (C=O) groups is 2. The molecule has 0 spiro atoms. The Labute approximate surface area is 310 Å². The third-order valence-corrected chi connectivity index (χ3v) is 10.9. The lowest BCUT2D eigenvalue weighted by atomic mass is 10.0. The summed E-state index contributed by atoms with van der Waals surface area (Å²) < 4.78 is 41.7. The molecule has 1 heterocycles. The molecule has 0 bridgehead atoms. The van der Waals surface area contributed by atoms with Crippen molar-refractivity contribution in [3.05, 3.63) is 95.5 Å². The van der Waals surface area contributed by atoms with E-state index in [0.717, 1.165) is 23.6 Å². The predicted octanol–water partition coefficient (Wildman–Crippen LogP) is 7.25. The molecule has 4 aromatic carbocycles. The number of aliphatic hydroxyl groups is 1. The minimum Gasteiger partial charge on any atom is -0.490 e. The van der Waals surface area contributed by atoms with Crippen LogP contribution in [0.25, 0.3) is 10.8 Å². The van der Waals surface area contributed by atoms with Crippen molar-refractivity contribution < 1.29 is 32.6 Å². The quantitative estimate of drug-likeness (QED) is 0.173. The maximum Gasteiger partial charge on any atom is 0.321 e. The Hall–Kier alpha value is -4.36. The summed E-state index contributed by atoms with van der Waals surface area (Å²) in [7, 11) is -2.29. The highest BCUT2D eigenvalue weighted by Crippen LogP contribution is 2.30. The molecule has 0 aliphatic carbocycles. The van der Waals surface area contributed by atoms with Crippen molar-refractivity contribution in [2.45, 2.75) is 63.2 Å². The van der Waals surface area contributed by atoms with Crippen molar-refractivity contribution in [1.29, 1.82) is 0 Å².